The van der Waals surface area contributed by atoms with Crippen LogP contribution in [-0.4, -0.2) is 60.0 Å². The summed E-state index contributed by atoms with van der Waals surface area (Å²) in [5.41, 5.74) is 13.5. The number of carbonyl (C=O) groups is 2. The van der Waals surface area contributed by atoms with Gasteiger partial charge in [0.25, 0.3) is 0 Å². The number of nitrogens with zero attached hydrogens (tertiary/aromatic N) is 2. The molecule has 7 heteroatoms. The van der Waals surface area contributed by atoms with E-state index in [1.807, 2.05) is 0 Å². The average Bonchev–Trinajstić information content (AvgIpc) is 3.61. The van der Waals surface area contributed by atoms with E-state index in [1.54, 1.807) is 5.70 Å². The molecule has 0 aromatic heterocycles. The molecule has 13 unspecified atom stereocenters. The van der Waals surface area contributed by atoms with Gasteiger partial charge in [0.05, 0.1) is 17.0 Å². The Balaban J connectivity index is 1.16. The van der Waals surface area contributed by atoms with Crippen LogP contribution in [0.1, 0.15) is 100 Å². The molecule has 2 N–H and O–H groups in total. The summed E-state index contributed by atoms with van der Waals surface area (Å²) in [4.78, 5) is 35.7. The van der Waals surface area contributed by atoms with E-state index in [4.69, 9.17) is 15.2 Å². The van der Waals surface area contributed by atoms with Crippen LogP contribution in [0.4, 0.5) is 0 Å². The molecule has 1 aromatic rings. The van der Waals surface area contributed by atoms with E-state index in [-0.39, 0.29) is 23.8 Å². The number of nitrogens with two attached hydrogens (primary N) is 1. The highest BCUT2D eigenvalue weighted by atomic mass is 16.6. The molecule has 1 aromatic carbocycles. The van der Waals surface area contributed by atoms with Crippen molar-refractivity contribution in [2.24, 2.45) is 58.0 Å². The number of hydrogen-bond donors (Lipinski definition) is 1. The monoisotopic (exact) mass is 725 g/mol. The second-order valence-electron chi connectivity index (χ2n) is 19.6. The SMILES string of the molecule is CC1CCC2=CC3C(C)CC4=C5C3C3=C2C26C(=O)OC(=CCC(C)N7CC8CC(C7)C(C=C4)N5C8)C2(CC3)C2(OC(=O)c3c(CCCN)cccc32)C6C1. The van der Waals surface area contributed by atoms with E-state index < -0.39 is 16.4 Å². The van der Waals surface area contributed by atoms with Crippen molar-refractivity contribution in [1.82, 2.24) is 9.80 Å². The van der Waals surface area contributed by atoms with E-state index >= 15 is 4.79 Å². The van der Waals surface area contributed by atoms with Crippen molar-refractivity contribution in [3.05, 3.63) is 92.9 Å². The number of allylic oxidation sites excluding steroid dienone is 5. The third-order valence-electron chi connectivity index (χ3n) is 17.2. The molecule has 9 heterocycles. The van der Waals surface area contributed by atoms with Gasteiger partial charge in [-0.2, -0.15) is 0 Å². The molecule has 12 bridgehead atoms. The van der Waals surface area contributed by atoms with Gasteiger partial charge in [0, 0.05) is 48.8 Å². The fraction of sp³-hybridized carbons (Fsp3) is 0.617. The number of ether oxygens (including phenoxy) is 2. The lowest BCUT2D eigenvalue weighted by molar-refractivity contribution is -0.278. The number of aryl methyl sites for hydroxylation is 1. The summed E-state index contributed by atoms with van der Waals surface area (Å²) >= 11 is 0. The van der Waals surface area contributed by atoms with E-state index in [1.165, 1.54) is 28.7 Å². The Hall–Kier alpha value is -3.42. The number of rotatable bonds is 3. The maximum absolute atomic E-state index is 15.6. The summed E-state index contributed by atoms with van der Waals surface area (Å²) in [5.74, 6) is 3.15. The third kappa shape index (κ3) is 3.61. The van der Waals surface area contributed by atoms with Crippen molar-refractivity contribution in [3.8, 4) is 0 Å². The minimum atomic E-state index is -0.955. The minimum absolute atomic E-state index is 0.0833. The first-order valence-corrected chi connectivity index (χ1v) is 21.6. The fourth-order valence-electron chi connectivity index (χ4n) is 15.3. The predicted molar refractivity (Wildman–Crippen MR) is 205 cm³/mol. The number of fused-ring (bicyclic) bond motifs is 3. The molecule has 5 fully saturated rings. The van der Waals surface area contributed by atoms with Crippen molar-refractivity contribution in [2.75, 3.05) is 26.2 Å². The maximum atomic E-state index is 15.6. The summed E-state index contributed by atoms with van der Waals surface area (Å²) in [7, 11) is 0. The Kier molecular flexibility index (Phi) is 6.62. The smallest absolute Gasteiger partial charge is 0.339 e. The van der Waals surface area contributed by atoms with Gasteiger partial charge in [-0.15, -0.1) is 0 Å². The molecule has 0 radical (unpaired) electrons. The summed E-state index contributed by atoms with van der Waals surface area (Å²) in [6.45, 7) is 11.1. The lowest BCUT2D eigenvalue weighted by Gasteiger charge is -2.72. The molecule has 9 aliphatic heterocycles. The van der Waals surface area contributed by atoms with Crippen LogP contribution < -0.4 is 5.73 Å². The molecular formula is C47H55N3O4. The maximum Gasteiger partial charge on any atom is 0.339 e. The van der Waals surface area contributed by atoms with Crippen molar-refractivity contribution in [2.45, 2.75) is 103 Å². The second kappa shape index (κ2) is 10.9. The van der Waals surface area contributed by atoms with E-state index in [9.17, 15) is 4.79 Å². The highest BCUT2D eigenvalue weighted by Crippen LogP contribution is 2.87. The van der Waals surface area contributed by atoms with Gasteiger partial charge in [-0.05, 0) is 136 Å². The molecule has 282 valence electrons. The van der Waals surface area contributed by atoms with Gasteiger partial charge in [-0.1, -0.05) is 55.8 Å². The fourth-order valence-corrected chi connectivity index (χ4v) is 15.3. The molecule has 3 saturated heterocycles. The molecule has 15 rings (SSSR count). The topological polar surface area (TPSA) is 85.1 Å². The standard InChI is InChI=1S/C47H55N3O4/c1-25-9-11-30-21-34-26(2)19-31-12-13-36-32-20-28-22-49(24-32)27(3)10-14-38-45-16-15-33(40(34)42(31)50(36)23-28)41(30)46(45,44(52)53-38)37(18-25)47(45)35-8-4-6-29(7-5-17-48)39(35)43(51)54-47/h4,6,8,12-14,21,25-28,32,34,36-37,40H,5,7,9-11,15-20,22-24,48H2,1-3H3. The molecule has 14 aliphatic rings. The average molecular weight is 726 g/mol. The van der Waals surface area contributed by atoms with Crippen LogP contribution in [0.2, 0.25) is 0 Å². The number of hydrogen-bond acceptors (Lipinski definition) is 7. The Morgan fingerprint density at radius 1 is 1.06 bits per heavy atom. The molecule has 0 amide bonds. The first-order valence-electron chi connectivity index (χ1n) is 21.6. The van der Waals surface area contributed by atoms with Crippen LogP contribution in [0.3, 0.4) is 0 Å². The van der Waals surface area contributed by atoms with Crippen LogP contribution in [0.25, 0.3) is 0 Å². The molecule has 2 saturated carbocycles. The van der Waals surface area contributed by atoms with Crippen molar-refractivity contribution in [1.29, 1.82) is 0 Å². The van der Waals surface area contributed by atoms with Crippen LogP contribution in [0.5, 0.6) is 0 Å². The van der Waals surface area contributed by atoms with Gasteiger partial charge in [0.1, 0.15) is 11.2 Å². The van der Waals surface area contributed by atoms with Crippen molar-refractivity contribution >= 4 is 11.9 Å². The Morgan fingerprint density at radius 3 is 2.81 bits per heavy atom. The largest absolute Gasteiger partial charge is 0.449 e. The van der Waals surface area contributed by atoms with E-state index in [0.29, 0.717) is 48.2 Å². The molecule has 54 heavy (non-hydrogen) atoms. The summed E-state index contributed by atoms with van der Waals surface area (Å²) in [6, 6.07) is 7.13. The normalized spacial score (nSPS) is 45.7. The number of esters is 2. The van der Waals surface area contributed by atoms with Gasteiger partial charge >= 0.3 is 11.9 Å². The highest BCUT2D eigenvalue weighted by molar-refractivity contribution is 6.00. The van der Waals surface area contributed by atoms with Crippen molar-refractivity contribution < 1.29 is 19.1 Å². The first-order chi connectivity index (χ1) is 26.2. The Bertz CT molecular complexity index is 2090. The van der Waals surface area contributed by atoms with Gasteiger partial charge in [0.2, 0.25) is 0 Å². The Morgan fingerprint density at radius 2 is 1.94 bits per heavy atom. The molecule has 13 atom stereocenters. The lowest BCUT2D eigenvalue weighted by Crippen LogP contribution is -2.77. The van der Waals surface area contributed by atoms with Gasteiger partial charge in [0.15, 0.2) is 5.60 Å². The minimum Gasteiger partial charge on any atom is -0.449 e. The van der Waals surface area contributed by atoms with E-state index in [0.717, 1.165) is 99.9 Å². The van der Waals surface area contributed by atoms with Crippen LogP contribution >= 0.6 is 0 Å². The van der Waals surface area contributed by atoms with Crippen molar-refractivity contribution in [3.63, 3.8) is 0 Å². The summed E-state index contributed by atoms with van der Waals surface area (Å²) in [5, 5.41) is 0. The van der Waals surface area contributed by atoms with E-state index in [2.05, 4.69) is 73.1 Å². The highest BCUT2D eigenvalue weighted by Gasteiger charge is 2.93. The van der Waals surface area contributed by atoms with Crippen LogP contribution in [0.15, 0.2) is 76.3 Å². The van der Waals surface area contributed by atoms with Gasteiger partial charge in [-0.25, -0.2) is 4.79 Å². The van der Waals surface area contributed by atoms with Crippen LogP contribution in [0, 0.1) is 52.3 Å². The predicted octanol–water partition coefficient (Wildman–Crippen LogP) is 7.35. The molecular weight excluding hydrogens is 671 g/mol. The Labute approximate surface area is 319 Å². The molecule has 5 aliphatic carbocycles. The second-order valence-corrected chi connectivity index (χ2v) is 19.6. The quantitative estimate of drug-likeness (QED) is 0.327. The number of carbonyl (C=O) groups excluding carboxylic acids is 2. The van der Waals surface area contributed by atoms with Gasteiger partial charge in [-0.3, -0.25) is 9.69 Å². The molecule has 7 nitrogen and oxygen atoms in total. The number of benzene rings is 1. The third-order valence-corrected chi connectivity index (χ3v) is 17.2. The summed E-state index contributed by atoms with van der Waals surface area (Å²) in [6.07, 6.45) is 19.4. The van der Waals surface area contributed by atoms with Crippen LogP contribution in [-0.2, 0) is 26.3 Å². The lowest BCUT2D eigenvalue weighted by atomic mass is 9.28. The first kappa shape index (κ1) is 32.8. The number of piperidine rings is 2. The zero-order valence-corrected chi connectivity index (χ0v) is 32.2. The zero-order chi connectivity index (χ0) is 36.5. The van der Waals surface area contributed by atoms with Gasteiger partial charge < -0.3 is 20.1 Å². The molecule has 3 spiro atoms. The zero-order valence-electron chi connectivity index (χ0n) is 32.2. The summed E-state index contributed by atoms with van der Waals surface area (Å²) < 4.78 is 14.0.